The Morgan fingerprint density at radius 2 is 1.84 bits per heavy atom. The quantitative estimate of drug-likeness (QED) is 0.746. The number of nitrogens with zero attached hydrogens (tertiary/aromatic N) is 4. The molecule has 8 nitrogen and oxygen atoms in total. The van der Waals surface area contributed by atoms with Gasteiger partial charge < -0.3 is 19.7 Å². The largest absolute Gasteiger partial charge is 0.418 e. The van der Waals surface area contributed by atoms with Crippen LogP contribution in [-0.2, 0) is 15.7 Å². The van der Waals surface area contributed by atoms with Gasteiger partial charge in [0.05, 0.1) is 29.1 Å². The molecule has 168 valence electrons. The number of hydrogen-bond acceptors (Lipinski definition) is 5. The van der Waals surface area contributed by atoms with E-state index in [0.29, 0.717) is 26.3 Å². The van der Waals surface area contributed by atoms with Crippen molar-refractivity contribution >= 4 is 11.7 Å². The Bertz CT molecular complexity index is 861. The molecule has 2 fully saturated rings. The third-order valence-corrected chi connectivity index (χ3v) is 5.42. The maximum Gasteiger partial charge on any atom is 0.418 e. The van der Waals surface area contributed by atoms with Crippen LogP contribution in [0.3, 0.4) is 0 Å². The van der Waals surface area contributed by atoms with Crippen LogP contribution in [0.5, 0.6) is 0 Å². The first-order valence-electron chi connectivity index (χ1n) is 10.3. The maximum absolute atomic E-state index is 13.7. The number of nitrogens with one attached hydrogen (secondary N) is 1. The highest BCUT2D eigenvalue weighted by Crippen LogP contribution is 2.36. The van der Waals surface area contributed by atoms with E-state index in [1.165, 1.54) is 34.4 Å². The van der Waals surface area contributed by atoms with E-state index in [0.717, 1.165) is 31.7 Å². The minimum atomic E-state index is -4.66. The Balaban J connectivity index is 1.54. The number of carbonyl (C=O) groups is 1. The van der Waals surface area contributed by atoms with Crippen molar-refractivity contribution in [1.29, 1.82) is 0 Å². The van der Waals surface area contributed by atoms with E-state index in [9.17, 15) is 18.0 Å². The fraction of sp³-hybridized carbons (Fsp3) is 0.550. The number of ether oxygens (including phenoxy) is 2. The van der Waals surface area contributed by atoms with Gasteiger partial charge in [0.15, 0.2) is 0 Å². The van der Waals surface area contributed by atoms with Crippen molar-refractivity contribution < 1.29 is 27.4 Å². The summed E-state index contributed by atoms with van der Waals surface area (Å²) in [6, 6.07) is 3.01. The molecule has 0 bridgehead atoms. The summed E-state index contributed by atoms with van der Waals surface area (Å²) >= 11 is 0. The number of aromatic nitrogens is 3. The summed E-state index contributed by atoms with van der Waals surface area (Å²) < 4.78 is 53.7. The monoisotopic (exact) mass is 439 g/mol. The van der Waals surface area contributed by atoms with E-state index in [2.05, 4.69) is 15.4 Å². The predicted octanol–water partition coefficient (Wildman–Crippen LogP) is 3.48. The molecule has 2 atom stereocenters. The normalized spacial score (nSPS) is 21.4. The zero-order chi connectivity index (χ0) is 21.8. The van der Waals surface area contributed by atoms with Crippen LogP contribution in [0.15, 0.2) is 30.9 Å². The molecule has 1 aromatic carbocycles. The lowest BCUT2D eigenvalue weighted by Crippen LogP contribution is -2.44. The Hall–Kier alpha value is -2.66. The summed E-state index contributed by atoms with van der Waals surface area (Å²) in [6.45, 7) is 1.87. The lowest BCUT2D eigenvalue weighted by molar-refractivity contribution is -0.136. The highest BCUT2D eigenvalue weighted by molar-refractivity contribution is 5.90. The minimum Gasteiger partial charge on any atom is -0.376 e. The molecule has 11 heteroatoms. The summed E-state index contributed by atoms with van der Waals surface area (Å²) in [5, 5.41) is 6.31. The minimum absolute atomic E-state index is 0.121. The van der Waals surface area contributed by atoms with Gasteiger partial charge in [-0.3, -0.25) is 0 Å². The van der Waals surface area contributed by atoms with Gasteiger partial charge in [-0.15, -0.1) is 0 Å². The lowest BCUT2D eigenvalue weighted by Gasteiger charge is -2.28. The van der Waals surface area contributed by atoms with Gasteiger partial charge in [0, 0.05) is 26.3 Å². The molecule has 0 radical (unpaired) electrons. The summed E-state index contributed by atoms with van der Waals surface area (Å²) in [4.78, 5) is 18.2. The van der Waals surface area contributed by atoms with Crippen molar-refractivity contribution in [3.63, 3.8) is 0 Å². The lowest BCUT2D eigenvalue weighted by atomic mass is 10.1. The molecule has 1 aromatic heterocycles. The number of hydrogen-bond donors (Lipinski definition) is 1. The number of alkyl halides is 3. The van der Waals surface area contributed by atoms with E-state index in [-0.39, 0.29) is 23.6 Å². The molecule has 2 aliphatic rings. The number of rotatable bonds is 6. The average molecular weight is 439 g/mol. The smallest absolute Gasteiger partial charge is 0.376 e. The second kappa shape index (κ2) is 9.23. The standard InChI is InChI=1S/C20H24F3N5O3/c21-20(22,23)17-9-14(28-13-24-12-25-28)5-6-18(17)26-19(29)27(10-15-3-1-7-30-15)11-16-4-2-8-31-16/h5-6,9,12-13,15-16H,1-4,7-8,10-11H2,(H,26,29)/t15-,16-/m0/s1. The molecular formula is C20H24F3N5O3. The first kappa shape index (κ1) is 21.6. The summed E-state index contributed by atoms with van der Waals surface area (Å²) in [5.41, 5.74) is -1.08. The predicted molar refractivity (Wildman–Crippen MR) is 105 cm³/mol. The van der Waals surface area contributed by atoms with Crippen LogP contribution in [0.4, 0.5) is 23.7 Å². The van der Waals surface area contributed by atoms with E-state index in [4.69, 9.17) is 9.47 Å². The molecule has 2 amide bonds. The van der Waals surface area contributed by atoms with Crippen molar-refractivity contribution in [2.24, 2.45) is 0 Å². The molecule has 0 spiro atoms. The highest BCUT2D eigenvalue weighted by Gasteiger charge is 2.35. The van der Waals surface area contributed by atoms with Gasteiger partial charge in [0.2, 0.25) is 0 Å². The number of anilines is 1. The van der Waals surface area contributed by atoms with Crippen molar-refractivity contribution in [2.45, 2.75) is 44.1 Å². The first-order valence-corrected chi connectivity index (χ1v) is 10.3. The number of urea groups is 1. The Kier molecular flexibility index (Phi) is 6.42. The molecular weight excluding hydrogens is 415 g/mol. The number of amides is 2. The van der Waals surface area contributed by atoms with Gasteiger partial charge in [-0.05, 0) is 43.9 Å². The zero-order valence-corrected chi connectivity index (χ0v) is 16.8. The fourth-order valence-electron chi connectivity index (χ4n) is 3.86. The van der Waals surface area contributed by atoms with E-state index in [1.807, 2.05) is 0 Å². The Morgan fingerprint density at radius 1 is 1.16 bits per heavy atom. The van der Waals surface area contributed by atoms with E-state index >= 15 is 0 Å². The molecule has 0 aliphatic carbocycles. The average Bonchev–Trinajstić information content (AvgIpc) is 3.50. The zero-order valence-electron chi connectivity index (χ0n) is 16.8. The summed E-state index contributed by atoms with van der Waals surface area (Å²) in [6.07, 6.45) is 1.08. The third-order valence-electron chi connectivity index (χ3n) is 5.42. The van der Waals surface area contributed by atoms with Crippen LogP contribution in [0.25, 0.3) is 5.69 Å². The van der Waals surface area contributed by atoms with Gasteiger partial charge in [-0.1, -0.05) is 0 Å². The van der Waals surface area contributed by atoms with Crippen LogP contribution in [-0.4, -0.2) is 64.2 Å². The first-order chi connectivity index (χ1) is 14.9. The second-order valence-electron chi connectivity index (χ2n) is 7.67. The molecule has 0 unspecified atom stereocenters. The molecule has 31 heavy (non-hydrogen) atoms. The van der Waals surface area contributed by atoms with Gasteiger partial charge >= 0.3 is 12.2 Å². The second-order valence-corrected chi connectivity index (χ2v) is 7.67. The molecule has 1 N–H and O–H groups in total. The fourth-order valence-corrected chi connectivity index (χ4v) is 3.86. The summed E-state index contributed by atoms with van der Waals surface area (Å²) in [7, 11) is 0. The third kappa shape index (κ3) is 5.34. The molecule has 2 aliphatic heterocycles. The molecule has 0 saturated carbocycles. The van der Waals surface area contributed by atoms with Crippen LogP contribution in [0, 0.1) is 0 Å². The molecule has 2 saturated heterocycles. The van der Waals surface area contributed by atoms with Crippen LogP contribution in [0.2, 0.25) is 0 Å². The van der Waals surface area contributed by atoms with E-state index in [1.54, 1.807) is 0 Å². The highest BCUT2D eigenvalue weighted by atomic mass is 19.4. The molecule has 4 rings (SSSR count). The number of carbonyl (C=O) groups excluding carboxylic acids is 1. The number of benzene rings is 1. The Labute approximate surface area is 177 Å². The number of halogens is 3. The van der Waals surface area contributed by atoms with E-state index < -0.39 is 17.8 Å². The van der Waals surface area contributed by atoms with Crippen LogP contribution < -0.4 is 5.32 Å². The topological polar surface area (TPSA) is 81.5 Å². The van der Waals surface area contributed by atoms with Crippen LogP contribution >= 0.6 is 0 Å². The molecule has 2 aromatic rings. The van der Waals surface area contributed by atoms with Crippen molar-refractivity contribution in [1.82, 2.24) is 19.7 Å². The van der Waals surface area contributed by atoms with Gasteiger partial charge in [0.1, 0.15) is 12.7 Å². The van der Waals surface area contributed by atoms with Crippen molar-refractivity contribution in [3.05, 3.63) is 36.4 Å². The SMILES string of the molecule is O=C(Nc1ccc(-n2cncn2)cc1C(F)(F)F)N(C[C@@H]1CCCO1)C[C@@H]1CCCO1. The maximum atomic E-state index is 13.7. The Morgan fingerprint density at radius 3 is 2.35 bits per heavy atom. The van der Waals surface area contributed by atoms with Gasteiger partial charge in [-0.2, -0.15) is 18.3 Å². The molecule has 3 heterocycles. The van der Waals surface area contributed by atoms with Gasteiger partial charge in [0.25, 0.3) is 0 Å². The van der Waals surface area contributed by atoms with Crippen molar-refractivity contribution in [3.8, 4) is 5.69 Å². The van der Waals surface area contributed by atoms with Gasteiger partial charge in [-0.25, -0.2) is 14.5 Å². The van der Waals surface area contributed by atoms with Crippen molar-refractivity contribution in [2.75, 3.05) is 31.6 Å². The van der Waals surface area contributed by atoms with Crippen LogP contribution in [0.1, 0.15) is 31.2 Å². The summed E-state index contributed by atoms with van der Waals surface area (Å²) in [5.74, 6) is 0.